The van der Waals surface area contributed by atoms with Crippen molar-refractivity contribution < 1.29 is 13.9 Å². The standard InChI is InChI=1S/C18H23FN2O2.C2H6/c1-4-20-17-12-21(9-8-13(17)3)18(22)10-14-6-7-15(23-5-2)11-16(14)19;1-2/h4,6-7,11H,5,8-10,12H2,1-3H3;1-2H3. The van der Waals surface area contributed by atoms with Crippen LogP contribution in [0.3, 0.4) is 0 Å². The first kappa shape index (κ1) is 20.9. The van der Waals surface area contributed by atoms with Crippen molar-refractivity contribution in [1.82, 2.24) is 4.90 Å². The van der Waals surface area contributed by atoms with E-state index in [2.05, 4.69) is 4.99 Å². The Bertz CT molecular complexity index is 639. The Hall–Kier alpha value is -2.17. The maximum absolute atomic E-state index is 14.1. The quantitative estimate of drug-likeness (QED) is 0.741. The van der Waals surface area contributed by atoms with E-state index in [0.717, 1.165) is 12.1 Å². The van der Waals surface area contributed by atoms with Gasteiger partial charge in [-0.1, -0.05) is 19.9 Å². The van der Waals surface area contributed by atoms with Gasteiger partial charge in [-0.3, -0.25) is 9.79 Å². The molecule has 1 aliphatic heterocycles. The van der Waals surface area contributed by atoms with Gasteiger partial charge >= 0.3 is 0 Å². The lowest BCUT2D eigenvalue weighted by atomic mass is 10.1. The maximum Gasteiger partial charge on any atom is 0.227 e. The zero-order valence-corrected chi connectivity index (χ0v) is 15.9. The number of ether oxygens (including phenoxy) is 1. The third-order valence-electron chi connectivity index (χ3n) is 3.90. The smallest absolute Gasteiger partial charge is 0.227 e. The molecule has 0 unspecified atom stereocenters. The molecule has 0 aromatic heterocycles. The molecule has 2 rings (SSSR count). The molecule has 0 saturated heterocycles. The van der Waals surface area contributed by atoms with E-state index >= 15 is 0 Å². The zero-order chi connectivity index (χ0) is 18.8. The second-order valence-corrected chi connectivity index (χ2v) is 5.54. The Morgan fingerprint density at radius 2 is 2.12 bits per heavy atom. The summed E-state index contributed by atoms with van der Waals surface area (Å²) in [4.78, 5) is 18.5. The van der Waals surface area contributed by atoms with Crippen LogP contribution in [0.1, 0.15) is 46.6 Å². The number of hydrogen-bond acceptors (Lipinski definition) is 3. The van der Waals surface area contributed by atoms with Crippen LogP contribution in [-0.2, 0) is 11.2 Å². The molecule has 1 aliphatic rings. The fourth-order valence-corrected chi connectivity index (χ4v) is 2.56. The topological polar surface area (TPSA) is 41.9 Å². The van der Waals surface area contributed by atoms with Crippen LogP contribution in [0.4, 0.5) is 4.39 Å². The Kier molecular flexibility index (Phi) is 8.89. The van der Waals surface area contributed by atoms with Crippen molar-refractivity contribution in [1.29, 1.82) is 0 Å². The van der Waals surface area contributed by atoms with Crippen LogP contribution in [0.5, 0.6) is 5.75 Å². The van der Waals surface area contributed by atoms with E-state index in [-0.39, 0.29) is 12.3 Å². The molecule has 0 fully saturated rings. The van der Waals surface area contributed by atoms with Crippen molar-refractivity contribution in [2.45, 2.75) is 47.5 Å². The van der Waals surface area contributed by atoms with Gasteiger partial charge in [0.15, 0.2) is 0 Å². The SMILES string of the molecule is CC.CC=NC1=C(C)CCN(C(=O)Cc2ccc(OCC)cc2F)C1. The normalized spacial score (nSPS) is 14.4. The number of halogens is 1. The summed E-state index contributed by atoms with van der Waals surface area (Å²) < 4.78 is 19.3. The highest BCUT2D eigenvalue weighted by Crippen LogP contribution is 2.21. The highest BCUT2D eigenvalue weighted by molar-refractivity contribution is 5.79. The van der Waals surface area contributed by atoms with Crippen LogP contribution in [0.25, 0.3) is 0 Å². The zero-order valence-electron chi connectivity index (χ0n) is 15.9. The summed E-state index contributed by atoms with van der Waals surface area (Å²) in [6, 6.07) is 4.65. The van der Waals surface area contributed by atoms with E-state index < -0.39 is 5.82 Å². The predicted molar refractivity (Wildman–Crippen MR) is 101 cm³/mol. The van der Waals surface area contributed by atoms with Crippen molar-refractivity contribution in [3.8, 4) is 5.75 Å². The highest BCUT2D eigenvalue weighted by atomic mass is 19.1. The van der Waals surface area contributed by atoms with Crippen molar-refractivity contribution >= 4 is 12.1 Å². The molecule has 0 aliphatic carbocycles. The van der Waals surface area contributed by atoms with E-state index in [1.54, 1.807) is 23.2 Å². The predicted octanol–water partition coefficient (Wildman–Crippen LogP) is 4.39. The van der Waals surface area contributed by atoms with Crippen LogP contribution in [0.2, 0.25) is 0 Å². The molecule has 4 nitrogen and oxygen atoms in total. The monoisotopic (exact) mass is 348 g/mol. The second kappa shape index (κ2) is 10.6. The van der Waals surface area contributed by atoms with Crippen molar-refractivity contribution in [2.24, 2.45) is 4.99 Å². The average Bonchev–Trinajstić information content (AvgIpc) is 2.61. The first-order valence-electron chi connectivity index (χ1n) is 8.91. The van der Waals surface area contributed by atoms with Gasteiger partial charge in [-0.25, -0.2) is 4.39 Å². The maximum atomic E-state index is 14.1. The Morgan fingerprint density at radius 1 is 1.40 bits per heavy atom. The largest absolute Gasteiger partial charge is 0.494 e. The molecule has 0 spiro atoms. The average molecular weight is 348 g/mol. The molecule has 0 radical (unpaired) electrons. The molecule has 1 amide bonds. The minimum absolute atomic E-state index is 0.0560. The lowest BCUT2D eigenvalue weighted by Crippen LogP contribution is -2.37. The van der Waals surface area contributed by atoms with Gasteiger partial charge in [-0.2, -0.15) is 0 Å². The van der Waals surface area contributed by atoms with Gasteiger partial charge in [0, 0.05) is 18.8 Å². The Morgan fingerprint density at radius 3 is 2.72 bits per heavy atom. The summed E-state index contributed by atoms with van der Waals surface area (Å²) in [7, 11) is 0. The number of benzene rings is 1. The van der Waals surface area contributed by atoms with Gasteiger partial charge in [0.05, 0.1) is 25.3 Å². The molecular formula is C20H29FN2O2. The molecule has 0 N–H and O–H groups in total. The van der Waals surface area contributed by atoms with Crippen molar-refractivity contribution in [3.05, 3.63) is 40.8 Å². The number of hydrogen-bond donors (Lipinski definition) is 0. The number of aliphatic imine (C=N–C) groups is 1. The molecule has 0 atom stereocenters. The van der Waals surface area contributed by atoms with Gasteiger partial charge in [0.2, 0.25) is 5.91 Å². The summed E-state index contributed by atoms with van der Waals surface area (Å²) in [6.45, 7) is 11.4. The van der Waals surface area contributed by atoms with Gasteiger partial charge in [-0.15, -0.1) is 0 Å². The van der Waals surface area contributed by atoms with E-state index in [1.807, 2.05) is 34.6 Å². The number of carbonyl (C=O) groups is 1. The van der Waals surface area contributed by atoms with Gasteiger partial charge in [-0.05, 0) is 44.4 Å². The highest BCUT2D eigenvalue weighted by Gasteiger charge is 2.21. The van der Waals surface area contributed by atoms with E-state index in [9.17, 15) is 9.18 Å². The summed E-state index contributed by atoms with van der Waals surface area (Å²) in [6.07, 6.45) is 2.60. The molecular weight excluding hydrogens is 319 g/mol. The van der Waals surface area contributed by atoms with Crippen LogP contribution < -0.4 is 4.74 Å². The van der Waals surface area contributed by atoms with Gasteiger partial charge < -0.3 is 9.64 Å². The Balaban J connectivity index is 0.00000151. The lowest BCUT2D eigenvalue weighted by Gasteiger charge is -2.28. The van der Waals surface area contributed by atoms with Crippen LogP contribution in [0, 0.1) is 5.82 Å². The molecule has 0 bridgehead atoms. The van der Waals surface area contributed by atoms with Crippen molar-refractivity contribution in [2.75, 3.05) is 19.7 Å². The van der Waals surface area contributed by atoms with Crippen molar-refractivity contribution in [3.63, 3.8) is 0 Å². The van der Waals surface area contributed by atoms with Crippen LogP contribution in [0.15, 0.2) is 34.5 Å². The molecule has 5 heteroatoms. The number of carbonyl (C=O) groups excluding carboxylic acids is 1. The second-order valence-electron chi connectivity index (χ2n) is 5.54. The van der Waals surface area contributed by atoms with E-state index in [0.29, 0.717) is 31.0 Å². The molecule has 138 valence electrons. The molecule has 1 aromatic rings. The molecule has 1 aromatic carbocycles. The minimum atomic E-state index is -0.403. The summed E-state index contributed by atoms with van der Waals surface area (Å²) in [5, 5.41) is 0. The first-order chi connectivity index (χ1) is 12.0. The third kappa shape index (κ3) is 6.00. The Labute approximate surface area is 150 Å². The molecule has 25 heavy (non-hydrogen) atoms. The minimum Gasteiger partial charge on any atom is -0.494 e. The summed E-state index contributed by atoms with van der Waals surface area (Å²) in [5.41, 5.74) is 2.53. The lowest BCUT2D eigenvalue weighted by molar-refractivity contribution is -0.130. The molecule has 1 heterocycles. The van der Waals surface area contributed by atoms with E-state index in [1.165, 1.54) is 11.6 Å². The van der Waals surface area contributed by atoms with Crippen LogP contribution >= 0.6 is 0 Å². The fraction of sp³-hybridized carbons (Fsp3) is 0.500. The summed E-state index contributed by atoms with van der Waals surface area (Å²) in [5.74, 6) is 0.00139. The number of rotatable bonds is 5. The first-order valence-corrected chi connectivity index (χ1v) is 8.91. The third-order valence-corrected chi connectivity index (χ3v) is 3.90. The summed E-state index contributed by atoms with van der Waals surface area (Å²) >= 11 is 0. The van der Waals surface area contributed by atoms with Gasteiger partial charge in [0.1, 0.15) is 11.6 Å². The van der Waals surface area contributed by atoms with Gasteiger partial charge in [0.25, 0.3) is 0 Å². The van der Waals surface area contributed by atoms with E-state index in [4.69, 9.17) is 4.74 Å². The molecule has 0 saturated carbocycles. The number of amides is 1. The number of nitrogens with zero attached hydrogens (tertiary/aromatic N) is 2. The van der Waals surface area contributed by atoms with Crippen LogP contribution in [-0.4, -0.2) is 36.7 Å². The fourth-order valence-electron chi connectivity index (χ4n) is 2.56.